The minimum Gasteiger partial charge on any atom is -0.354 e. The number of nitro benzene ring substituents is 1. The Morgan fingerprint density at radius 2 is 1.86 bits per heavy atom. The van der Waals surface area contributed by atoms with Crippen LogP contribution in [0.5, 0.6) is 0 Å². The predicted octanol–water partition coefficient (Wildman–Crippen LogP) is 2.41. The van der Waals surface area contributed by atoms with Gasteiger partial charge in [-0.25, -0.2) is 0 Å². The van der Waals surface area contributed by atoms with Crippen LogP contribution in [0.25, 0.3) is 0 Å². The summed E-state index contributed by atoms with van der Waals surface area (Å²) in [5.41, 5.74) is 0.637. The molecule has 21 heavy (non-hydrogen) atoms. The third-order valence-corrected chi connectivity index (χ3v) is 3.18. The standard InChI is InChI=1S/C15H23N3O3/c1-10(2)9-16-15(19)12(4)17-11(3)13-7-5-6-8-14(13)18(20)21/h5-8,10-12,17H,9H2,1-4H3,(H,16,19). The van der Waals surface area contributed by atoms with Gasteiger partial charge in [0.2, 0.25) is 5.91 Å². The van der Waals surface area contributed by atoms with Crippen LogP contribution < -0.4 is 10.6 Å². The zero-order valence-corrected chi connectivity index (χ0v) is 12.9. The van der Waals surface area contributed by atoms with E-state index >= 15 is 0 Å². The van der Waals surface area contributed by atoms with Crippen LogP contribution >= 0.6 is 0 Å². The maximum absolute atomic E-state index is 11.9. The highest BCUT2D eigenvalue weighted by Gasteiger charge is 2.21. The third-order valence-electron chi connectivity index (χ3n) is 3.18. The fourth-order valence-corrected chi connectivity index (χ4v) is 2.02. The Kier molecular flexibility index (Phi) is 6.30. The van der Waals surface area contributed by atoms with E-state index in [1.807, 2.05) is 20.8 Å². The summed E-state index contributed by atoms with van der Waals surface area (Å²) in [4.78, 5) is 22.5. The average molecular weight is 293 g/mol. The van der Waals surface area contributed by atoms with Gasteiger partial charge in [-0.1, -0.05) is 32.0 Å². The van der Waals surface area contributed by atoms with Crippen LogP contribution in [-0.4, -0.2) is 23.4 Å². The number of amides is 1. The molecule has 0 saturated heterocycles. The summed E-state index contributed by atoms with van der Waals surface area (Å²) < 4.78 is 0. The van der Waals surface area contributed by atoms with Crippen molar-refractivity contribution in [2.45, 2.75) is 39.8 Å². The highest BCUT2D eigenvalue weighted by Crippen LogP contribution is 2.24. The summed E-state index contributed by atoms with van der Waals surface area (Å²) in [6, 6.07) is 5.85. The molecule has 0 heterocycles. The second kappa shape index (κ2) is 7.73. The molecule has 0 fully saturated rings. The van der Waals surface area contributed by atoms with Crippen molar-refractivity contribution >= 4 is 11.6 Å². The maximum Gasteiger partial charge on any atom is 0.274 e. The summed E-state index contributed by atoms with van der Waals surface area (Å²) >= 11 is 0. The SMILES string of the molecule is CC(C)CNC(=O)C(C)NC(C)c1ccccc1[N+](=O)[O-]. The molecule has 0 bridgehead atoms. The van der Waals surface area contributed by atoms with Gasteiger partial charge in [0, 0.05) is 24.2 Å². The molecule has 116 valence electrons. The van der Waals surface area contributed by atoms with Crippen molar-refractivity contribution in [2.24, 2.45) is 5.92 Å². The molecule has 0 saturated carbocycles. The van der Waals surface area contributed by atoms with Gasteiger partial charge in [-0.15, -0.1) is 0 Å². The molecule has 6 nitrogen and oxygen atoms in total. The van der Waals surface area contributed by atoms with E-state index in [2.05, 4.69) is 10.6 Å². The van der Waals surface area contributed by atoms with Crippen molar-refractivity contribution in [3.8, 4) is 0 Å². The fourth-order valence-electron chi connectivity index (χ4n) is 2.02. The number of benzene rings is 1. The smallest absolute Gasteiger partial charge is 0.274 e. The van der Waals surface area contributed by atoms with Crippen molar-refractivity contribution in [3.05, 3.63) is 39.9 Å². The zero-order chi connectivity index (χ0) is 16.0. The van der Waals surface area contributed by atoms with Crippen LogP contribution in [0.1, 0.15) is 39.3 Å². The number of nitro groups is 1. The fraction of sp³-hybridized carbons (Fsp3) is 0.533. The second-order valence-electron chi connectivity index (χ2n) is 5.56. The van der Waals surface area contributed by atoms with Gasteiger partial charge in [0.1, 0.15) is 0 Å². The van der Waals surface area contributed by atoms with Crippen molar-refractivity contribution in [2.75, 3.05) is 6.54 Å². The maximum atomic E-state index is 11.9. The lowest BCUT2D eigenvalue weighted by atomic mass is 10.1. The number of hydrogen-bond acceptors (Lipinski definition) is 4. The molecule has 1 rings (SSSR count). The van der Waals surface area contributed by atoms with Gasteiger partial charge in [0.05, 0.1) is 11.0 Å². The number of hydrogen-bond donors (Lipinski definition) is 2. The summed E-state index contributed by atoms with van der Waals surface area (Å²) in [6.07, 6.45) is 0. The molecule has 0 aliphatic heterocycles. The first-order valence-electron chi connectivity index (χ1n) is 7.10. The summed E-state index contributed by atoms with van der Waals surface area (Å²) in [5.74, 6) is 0.280. The van der Waals surface area contributed by atoms with Gasteiger partial charge in [-0.3, -0.25) is 20.2 Å². The van der Waals surface area contributed by atoms with Crippen molar-refractivity contribution in [3.63, 3.8) is 0 Å². The van der Waals surface area contributed by atoms with E-state index in [4.69, 9.17) is 0 Å². The van der Waals surface area contributed by atoms with Gasteiger partial charge in [-0.05, 0) is 19.8 Å². The molecule has 1 aromatic rings. The second-order valence-corrected chi connectivity index (χ2v) is 5.56. The van der Waals surface area contributed by atoms with Crippen LogP contribution in [0, 0.1) is 16.0 Å². The lowest BCUT2D eigenvalue weighted by molar-refractivity contribution is -0.385. The molecule has 0 spiro atoms. The molecule has 2 N–H and O–H groups in total. The van der Waals surface area contributed by atoms with E-state index in [-0.39, 0.29) is 17.6 Å². The molecule has 0 aromatic heterocycles. The number of nitrogens with one attached hydrogen (secondary N) is 2. The molecule has 0 aliphatic rings. The number of carbonyl (C=O) groups excluding carboxylic acids is 1. The lowest BCUT2D eigenvalue weighted by Gasteiger charge is -2.20. The van der Waals surface area contributed by atoms with Crippen LogP contribution in [0.15, 0.2) is 24.3 Å². The topological polar surface area (TPSA) is 84.3 Å². The minimum atomic E-state index is -0.418. The summed E-state index contributed by atoms with van der Waals surface area (Å²) in [5, 5.41) is 17.0. The average Bonchev–Trinajstić information content (AvgIpc) is 2.44. The molecule has 1 amide bonds. The van der Waals surface area contributed by atoms with Gasteiger partial charge in [0.15, 0.2) is 0 Å². The van der Waals surface area contributed by atoms with Gasteiger partial charge >= 0.3 is 0 Å². The van der Waals surface area contributed by atoms with E-state index < -0.39 is 11.0 Å². The Hall–Kier alpha value is -1.95. The molecule has 0 radical (unpaired) electrons. The Balaban J connectivity index is 2.70. The van der Waals surface area contributed by atoms with Crippen LogP contribution in [0.4, 0.5) is 5.69 Å². The predicted molar refractivity (Wildman–Crippen MR) is 82.0 cm³/mol. The first-order chi connectivity index (χ1) is 9.82. The van der Waals surface area contributed by atoms with Gasteiger partial charge in [0.25, 0.3) is 5.69 Å². The molecule has 0 aliphatic carbocycles. The van der Waals surface area contributed by atoms with Gasteiger partial charge in [-0.2, -0.15) is 0 Å². The first-order valence-corrected chi connectivity index (χ1v) is 7.10. The highest BCUT2D eigenvalue weighted by atomic mass is 16.6. The van der Waals surface area contributed by atoms with E-state index in [0.29, 0.717) is 18.0 Å². The van der Waals surface area contributed by atoms with Crippen LogP contribution in [0.2, 0.25) is 0 Å². The van der Waals surface area contributed by atoms with Crippen molar-refractivity contribution in [1.29, 1.82) is 0 Å². The van der Waals surface area contributed by atoms with Gasteiger partial charge < -0.3 is 5.32 Å². The number of para-hydroxylation sites is 1. The lowest BCUT2D eigenvalue weighted by Crippen LogP contribution is -2.44. The Morgan fingerprint density at radius 3 is 2.43 bits per heavy atom. The summed E-state index contributed by atoms with van der Waals surface area (Å²) in [7, 11) is 0. The summed E-state index contributed by atoms with van der Waals surface area (Å²) in [6.45, 7) is 8.23. The highest BCUT2D eigenvalue weighted by molar-refractivity contribution is 5.81. The van der Waals surface area contributed by atoms with Crippen LogP contribution in [-0.2, 0) is 4.79 Å². The van der Waals surface area contributed by atoms with E-state index in [0.717, 1.165) is 0 Å². The number of carbonyl (C=O) groups is 1. The molecule has 2 unspecified atom stereocenters. The molecular formula is C15H23N3O3. The minimum absolute atomic E-state index is 0.0623. The third kappa shape index (κ3) is 5.15. The molecule has 2 atom stereocenters. The Bertz CT molecular complexity index is 503. The largest absolute Gasteiger partial charge is 0.354 e. The first kappa shape index (κ1) is 17.1. The van der Waals surface area contributed by atoms with Crippen molar-refractivity contribution in [1.82, 2.24) is 10.6 Å². The normalized spacial score (nSPS) is 13.8. The molecular weight excluding hydrogens is 270 g/mol. The Morgan fingerprint density at radius 1 is 1.24 bits per heavy atom. The number of nitrogens with zero attached hydrogens (tertiary/aromatic N) is 1. The zero-order valence-electron chi connectivity index (χ0n) is 12.9. The van der Waals surface area contributed by atoms with Crippen LogP contribution in [0.3, 0.4) is 0 Å². The number of rotatable bonds is 7. The van der Waals surface area contributed by atoms with E-state index in [1.165, 1.54) is 6.07 Å². The quantitative estimate of drug-likeness (QED) is 0.597. The van der Waals surface area contributed by atoms with E-state index in [1.54, 1.807) is 25.1 Å². The van der Waals surface area contributed by atoms with Crippen molar-refractivity contribution < 1.29 is 9.72 Å². The van der Waals surface area contributed by atoms with E-state index in [9.17, 15) is 14.9 Å². The molecule has 6 heteroatoms. The monoisotopic (exact) mass is 293 g/mol. The molecule has 1 aromatic carbocycles. The Labute approximate surface area is 125 Å².